The van der Waals surface area contributed by atoms with Crippen LogP contribution in [0.5, 0.6) is 0 Å². The highest BCUT2D eigenvalue weighted by Gasteiger charge is 2.46. The maximum Gasteiger partial charge on any atom is 0.236 e. The summed E-state index contributed by atoms with van der Waals surface area (Å²) in [7, 11) is 1.77. The van der Waals surface area contributed by atoms with Crippen molar-refractivity contribution in [3.05, 3.63) is 30.1 Å². The summed E-state index contributed by atoms with van der Waals surface area (Å²) in [5.74, 6) is -0.00915. The normalized spacial score (nSPS) is 17.7. The lowest BCUT2D eigenvalue weighted by molar-refractivity contribution is -0.136. The van der Waals surface area contributed by atoms with Crippen LogP contribution >= 0.6 is 0 Å². The van der Waals surface area contributed by atoms with Gasteiger partial charge in [0, 0.05) is 26.0 Å². The number of nitrogens with zero attached hydrogens (tertiary/aromatic N) is 3. The highest BCUT2D eigenvalue weighted by molar-refractivity contribution is 6.06. The largest absolute Gasteiger partial charge is 0.409 e. The minimum atomic E-state index is -0.818. The van der Waals surface area contributed by atoms with Crippen LogP contribution in [0.3, 0.4) is 0 Å². The zero-order valence-electron chi connectivity index (χ0n) is 12.3. The van der Waals surface area contributed by atoms with Crippen LogP contribution in [-0.4, -0.2) is 40.4 Å². The summed E-state index contributed by atoms with van der Waals surface area (Å²) in [4.78, 5) is 18.4. The molecule has 1 aliphatic carbocycles. The number of nitrogens with two attached hydrogens (primary N) is 1. The van der Waals surface area contributed by atoms with Crippen LogP contribution in [0.15, 0.2) is 29.7 Å². The van der Waals surface area contributed by atoms with Crippen molar-refractivity contribution in [1.82, 2.24) is 9.88 Å². The van der Waals surface area contributed by atoms with Gasteiger partial charge >= 0.3 is 0 Å². The van der Waals surface area contributed by atoms with Crippen molar-refractivity contribution in [3.63, 3.8) is 0 Å². The van der Waals surface area contributed by atoms with E-state index in [9.17, 15) is 4.79 Å². The fraction of sp³-hybridized carbons (Fsp3) is 0.533. The lowest BCUT2D eigenvalue weighted by Gasteiger charge is -2.31. The second-order valence-corrected chi connectivity index (χ2v) is 5.61. The molecular weight excluding hydrogens is 268 g/mol. The Morgan fingerprint density at radius 1 is 1.43 bits per heavy atom. The number of hydrogen-bond donors (Lipinski definition) is 2. The average molecular weight is 290 g/mol. The fourth-order valence-corrected chi connectivity index (χ4v) is 2.97. The molecule has 3 N–H and O–H groups in total. The number of aromatic nitrogens is 1. The third-order valence-electron chi connectivity index (χ3n) is 4.30. The summed E-state index contributed by atoms with van der Waals surface area (Å²) >= 11 is 0. The number of carbonyl (C=O) groups is 1. The Kier molecular flexibility index (Phi) is 4.77. The van der Waals surface area contributed by atoms with Gasteiger partial charge in [0.05, 0.1) is 0 Å². The van der Waals surface area contributed by atoms with Gasteiger partial charge in [0.2, 0.25) is 5.91 Å². The van der Waals surface area contributed by atoms with Crippen molar-refractivity contribution >= 4 is 11.7 Å². The van der Waals surface area contributed by atoms with Gasteiger partial charge in [0.15, 0.2) is 5.84 Å². The van der Waals surface area contributed by atoms with Gasteiger partial charge in [0.1, 0.15) is 5.41 Å². The fourth-order valence-electron chi connectivity index (χ4n) is 2.97. The Hall–Kier alpha value is -2.11. The Morgan fingerprint density at radius 3 is 2.62 bits per heavy atom. The first-order valence-electron chi connectivity index (χ1n) is 7.22. The van der Waals surface area contributed by atoms with Crippen molar-refractivity contribution in [2.75, 3.05) is 13.6 Å². The molecule has 0 aromatic carbocycles. The molecule has 6 heteroatoms. The van der Waals surface area contributed by atoms with Crippen LogP contribution in [-0.2, 0) is 11.2 Å². The van der Waals surface area contributed by atoms with E-state index in [4.69, 9.17) is 10.9 Å². The molecule has 6 nitrogen and oxygen atoms in total. The van der Waals surface area contributed by atoms with Gasteiger partial charge in [-0.25, -0.2) is 0 Å². The van der Waals surface area contributed by atoms with Crippen molar-refractivity contribution < 1.29 is 10.0 Å². The maximum absolute atomic E-state index is 12.7. The third kappa shape index (κ3) is 3.15. The number of amides is 1. The zero-order valence-corrected chi connectivity index (χ0v) is 12.3. The van der Waals surface area contributed by atoms with Gasteiger partial charge in [-0.1, -0.05) is 18.0 Å². The van der Waals surface area contributed by atoms with Gasteiger partial charge in [-0.2, -0.15) is 0 Å². The first kappa shape index (κ1) is 15.3. The molecule has 0 unspecified atom stereocenters. The van der Waals surface area contributed by atoms with E-state index in [0.717, 1.165) is 24.8 Å². The average Bonchev–Trinajstić information content (AvgIpc) is 3.03. The summed E-state index contributed by atoms with van der Waals surface area (Å²) < 4.78 is 0. The SMILES string of the molecule is CN(CCc1ccncc1)C(=O)C1(C(N)=NO)CCCC1. The molecule has 1 saturated carbocycles. The minimum Gasteiger partial charge on any atom is -0.409 e. The molecule has 1 fully saturated rings. The van der Waals surface area contributed by atoms with Gasteiger partial charge in [-0.15, -0.1) is 0 Å². The quantitative estimate of drug-likeness (QED) is 0.371. The number of hydrogen-bond acceptors (Lipinski definition) is 4. The van der Waals surface area contributed by atoms with Gasteiger partial charge in [-0.05, 0) is 37.0 Å². The van der Waals surface area contributed by atoms with Crippen molar-refractivity contribution in [3.8, 4) is 0 Å². The maximum atomic E-state index is 12.7. The third-order valence-corrected chi connectivity index (χ3v) is 4.30. The highest BCUT2D eigenvalue weighted by Crippen LogP contribution is 2.39. The molecule has 1 aromatic heterocycles. The molecule has 1 heterocycles. The van der Waals surface area contributed by atoms with Gasteiger partial charge < -0.3 is 15.8 Å². The van der Waals surface area contributed by atoms with Gasteiger partial charge in [0.25, 0.3) is 0 Å². The lowest BCUT2D eigenvalue weighted by Crippen LogP contribution is -2.49. The van der Waals surface area contributed by atoms with Crippen LogP contribution in [0.1, 0.15) is 31.2 Å². The number of pyridine rings is 1. The number of likely N-dealkylation sites (N-methyl/N-ethyl adjacent to an activating group) is 1. The second-order valence-electron chi connectivity index (χ2n) is 5.61. The van der Waals surface area contributed by atoms with E-state index in [1.165, 1.54) is 0 Å². The van der Waals surface area contributed by atoms with Crippen molar-refractivity contribution in [1.29, 1.82) is 0 Å². The van der Waals surface area contributed by atoms with E-state index in [2.05, 4.69) is 10.1 Å². The van der Waals surface area contributed by atoms with Crippen LogP contribution in [0.2, 0.25) is 0 Å². The molecule has 0 saturated heterocycles. The second kappa shape index (κ2) is 6.56. The van der Waals surface area contributed by atoms with Crippen LogP contribution < -0.4 is 5.73 Å². The van der Waals surface area contributed by atoms with Crippen molar-refractivity contribution in [2.24, 2.45) is 16.3 Å². The molecular formula is C15H22N4O2. The molecule has 0 spiro atoms. The van der Waals surface area contributed by atoms with E-state index in [1.54, 1.807) is 24.3 Å². The first-order chi connectivity index (χ1) is 10.1. The summed E-state index contributed by atoms with van der Waals surface area (Å²) in [6.07, 6.45) is 7.41. The van der Waals surface area contributed by atoms with Crippen LogP contribution in [0.25, 0.3) is 0 Å². The minimum absolute atomic E-state index is 0.0424. The molecule has 1 aromatic rings. The van der Waals surface area contributed by atoms with Crippen molar-refractivity contribution in [2.45, 2.75) is 32.1 Å². The summed E-state index contributed by atoms with van der Waals surface area (Å²) in [5.41, 5.74) is 6.12. The number of oxime groups is 1. The Bertz CT molecular complexity index is 510. The Morgan fingerprint density at radius 2 is 2.05 bits per heavy atom. The number of rotatable bonds is 5. The molecule has 0 aliphatic heterocycles. The molecule has 2 rings (SSSR count). The summed E-state index contributed by atoms with van der Waals surface area (Å²) in [5, 5.41) is 12.1. The van der Waals surface area contributed by atoms with Crippen LogP contribution in [0.4, 0.5) is 0 Å². The number of carbonyl (C=O) groups excluding carboxylic acids is 1. The summed E-state index contributed by atoms with van der Waals surface area (Å²) in [6, 6.07) is 3.88. The predicted molar refractivity (Wildman–Crippen MR) is 79.9 cm³/mol. The highest BCUT2D eigenvalue weighted by atomic mass is 16.4. The van der Waals surface area contributed by atoms with E-state index in [0.29, 0.717) is 19.4 Å². The molecule has 114 valence electrons. The molecule has 0 atom stereocenters. The molecule has 1 aliphatic rings. The summed E-state index contributed by atoms with van der Waals surface area (Å²) in [6.45, 7) is 0.601. The molecule has 1 amide bonds. The smallest absolute Gasteiger partial charge is 0.236 e. The number of amidine groups is 1. The van der Waals surface area contributed by atoms with E-state index >= 15 is 0 Å². The van der Waals surface area contributed by atoms with E-state index in [1.807, 2.05) is 12.1 Å². The van der Waals surface area contributed by atoms with Crippen LogP contribution in [0, 0.1) is 5.41 Å². The molecule has 0 radical (unpaired) electrons. The standard InChI is InChI=1S/C15H22N4O2/c1-19(11-6-12-4-9-17-10-5-12)14(20)15(13(16)18-21)7-2-3-8-15/h4-5,9-10,21H,2-3,6-8,11H2,1H3,(H2,16,18). The van der Waals surface area contributed by atoms with E-state index < -0.39 is 5.41 Å². The molecule has 0 bridgehead atoms. The topological polar surface area (TPSA) is 91.8 Å². The predicted octanol–water partition coefficient (Wildman–Crippen LogP) is 1.39. The zero-order chi connectivity index (χ0) is 15.3. The van der Waals surface area contributed by atoms with Gasteiger partial charge in [-0.3, -0.25) is 9.78 Å². The monoisotopic (exact) mass is 290 g/mol. The Balaban J connectivity index is 2.04. The van der Waals surface area contributed by atoms with E-state index in [-0.39, 0.29) is 11.7 Å². The molecule has 21 heavy (non-hydrogen) atoms. The first-order valence-corrected chi connectivity index (χ1v) is 7.22. The Labute approximate surface area is 124 Å². The lowest BCUT2D eigenvalue weighted by atomic mass is 9.83.